The van der Waals surface area contributed by atoms with Crippen LogP contribution in [0.25, 0.3) is 0 Å². The molecule has 1 aliphatic heterocycles. The van der Waals surface area contributed by atoms with E-state index in [1.807, 2.05) is 24.8 Å². The van der Waals surface area contributed by atoms with E-state index in [0.29, 0.717) is 43.3 Å². The number of halogens is 3. The first kappa shape index (κ1) is 27.3. The van der Waals surface area contributed by atoms with Gasteiger partial charge in [0, 0.05) is 37.6 Å². The van der Waals surface area contributed by atoms with Crippen molar-refractivity contribution < 1.29 is 31.1 Å². The minimum Gasteiger partial charge on any atom is -0.484 e. The van der Waals surface area contributed by atoms with Gasteiger partial charge in [0.2, 0.25) is 0 Å². The summed E-state index contributed by atoms with van der Waals surface area (Å²) in [5, 5.41) is 0. The van der Waals surface area contributed by atoms with Gasteiger partial charge >= 0.3 is 6.18 Å². The molecule has 1 amide bonds. The number of anilines is 2. The summed E-state index contributed by atoms with van der Waals surface area (Å²) in [4.78, 5) is 16.1. The maximum absolute atomic E-state index is 13.0. The van der Waals surface area contributed by atoms with Crippen molar-refractivity contribution in [3.8, 4) is 5.75 Å². The fourth-order valence-electron chi connectivity index (χ4n) is 4.29. The molecule has 0 unspecified atom stereocenters. The number of alkyl halides is 3. The average Bonchev–Trinajstić information content (AvgIpc) is 2.86. The highest BCUT2D eigenvalue weighted by Gasteiger charge is 2.31. The van der Waals surface area contributed by atoms with E-state index < -0.39 is 21.8 Å². The number of amides is 1. The third-order valence-corrected chi connectivity index (χ3v) is 7.54. The molecule has 1 heterocycles. The molecule has 202 valence electrons. The summed E-state index contributed by atoms with van der Waals surface area (Å²) in [6, 6.07) is 16.3. The first-order valence-corrected chi connectivity index (χ1v) is 13.4. The number of benzene rings is 3. The van der Waals surface area contributed by atoms with Crippen LogP contribution in [0.5, 0.6) is 5.75 Å². The van der Waals surface area contributed by atoms with Crippen molar-refractivity contribution in [2.45, 2.75) is 24.9 Å². The second-order valence-corrected chi connectivity index (χ2v) is 10.8. The van der Waals surface area contributed by atoms with Gasteiger partial charge in [0.05, 0.1) is 10.5 Å². The molecule has 3 aromatic rings. The summed E-state index contributed by atoms with van der Waals surface area (Å²) in [5.41, 5.74) is 2.11. The van der Waals surface area contributed by atoms with Gasteiger partial charge in [-0.3, -0.25) is 9.52 Å². The summed E-state index contributed by atoms with van der Waals surface area (Å²) in [6.07, 6.45) is -4.41. The Morgan fingerprint density at radius 1 is 0.921 bits per heavy atom. The zero-order valence-corrected chi connectivity index (χ0v) is 21.8. The molecule has 11 heteroatoms. The quantitative estimate of drug-likeness (QED) is 0.458. The fourth-order valence-corrected chi connectivity index (χ4v) is 5.33. The maximum atomic E-state index is 13.0. The van der Waals surface area contributed by atoms with Crippen LogP contribution in [0.4, 0.5) is 24.5 Å². The molecule has 0 spiro atoms. The maximum Gasteiger partial charge on any atom is 0.416 e. The number of sulfonamides is 1. The Balaban J connectivity index is 1.29. The lowest BCUT2D eigenvalue weighted by Crippen LogP contribution is -2.50. The van der Waals surface area contributed by atoms with E-state index >= 15 is 0 Å². The Kier molecular flexibility index (Phi) is 7.86. The van der Waals surface area contributed by atoms with Crippen LogP contribution >= 0.6 is 0 Å². The van der Waals surface area contributed by atoms with E-state index in [4.69, 9.17) is 4.74 Å². The van der Waals surface area contributed by atoms with Crippen LogP contribution in [0.1, 0.15) is 16.7 Å². The largest absolute Gasteiger partial charge is 0.484 e. The first-order chi connectivity index (χ1) is 17.9. The van der Waals surface area contributed by atoms with E-state index in [-0.39, 0.29) is 17.4 Å². The lowest BCUT2D eigenvalue weighted by atomic mass is 10.1. The molecule has 0 atom stereocenters. The molecular weight excluding hydrogens is 519 g/mol. The van der Waals surface area contributed by atoms with Gasteiger partial charge < -0.3 is 14.5 Å². The van der Waals surface area contributed by atoms with Gasteiger partial charge in [-0.25, -0.2) is 8.42 Å². The zero-order chi connectivity index (χ0) is 27.5. The summed E-state index contributed by atoms with van der Waals surface area (Å²) < 4.78 is 72.6. The molecule has 38 heavy (non-hydrogen) atoms. The normalized spacial score (nSPS) is 14.3. The molecule has 4 rings (SSSR count). The Bertz CT molecular complexity index is 1380. The van der Waals surface area contributed by atoms with Gasteiger partial charge in [-0.05, 0) is 79.6 Å². The molecule has 0 radical (unpaired) electrons. The Labute approximate surface area is 219 Å². The SMILES string of the molecule is Cc1cc(C)cc(NS(=O)(=O)c2ccc(OCC(=O)N3CCN(c4cccc(C(F)(F)F)c4)CC3)cc2)c1. The molecule has 0 saturated carbocycles. The molecule has 1 N–H and O–H groups in total. The molecule has 1 saturated heterocycles. The molecule has 1 aliphatic rings. The predicted molar refractivity (Wildman–Crippen MR) is 139 cm³/mol. The molecular formula is C27H28F3N3O4S. The fraction of sp³-hybridized carbons (Fsp3) is 0.296. The number of aryl methyl sites for hydroxylation is 2. The molecule has 7 nitrogen and oxygen atoms in total. The number of ether oxygens (including phenoxy) is 1. The summed E-state index contributed by atoms with van der Waals surface area (Å²) in [6.45, 7) is 5.01. The lowest BCUT2D eigenvalue weighted by molar-refractivity contribution is -0.137. The molecule has 0 aliphatic carbocycles. The van der Waals surface area contributed by atoms with E-state index in [1.54, 1.807) is 23.1 Å². The van der Waals surface area contributed by atoms with Crippen molar-refractivity contribution in [2.75, 3.05) is 42.4 Å². The highest BCUT2D eigenvalue weighted by atomic mass is 32.2. The zero-order valence-electron chi connectivity index (χ0n) is 21.0. The van der Waals surface area contributed by atoms with Crippen LogP contribution in [0.3, 0.4) is 0 Å². The number of rotatable bonds is 7. The van der Waals surface area contributed by atoms with Crippen molar-refractivity contribution in [1.82, 2.24) is 4.90 Å². The van der Waals surface area contributed by atoms with Crippen molar-refractivity contribution in [3.63, 3.8) is 0 Å². The van der Waals surface area contributed by atoms with Gasteiger partial charge in [-0.1, -0.05) is 12.1 Å². The van der Waals surface area contributed by atoms with E-state index in [9.17, 15) is 26.4 Å². The second kappa shape index (κ2) is 10.9. The third kappa shape index (κ3) is 6.77. The number of hydrogen-bond acceptors (Lipinski definition) is 5. The van der Waals surface area contributed by atoms with Crippen LogP contribution in [0, 0.1) is 13.8 Å². The van der Waals surface area contributed by atoms with Crippen molar-refractivity contribution in [2.24, 2.45) is 0 Å². The number of carbonyl (C=O) groups excluding carboxylic acids is 1. The number of hydrogen-bond donors (Lipinski definition) is 1. The summed E-state index contributed by atoms with van der Waals surface area (Å²) in [5.74, 6) is 0.0770. The Morgan fingerprint density at radius 2 is 1.55 bits per heavy atom. The van der Waals surface area contributed by atoms with Gasteiger partial charge in [-0.2, -0.15) is 13.2 Å². The smallest absolute Gasteiger partial charge is 0.416 e. The number of piperazine rings is 1. The second-order valence-electron chi connectivity index (χ2n) is 9.16. The monoisotopic (exact) mass is 547 g/mol. The Hall–Kier alpha value is -3.73. The van der Waals surface area contributed by atoms with Crippen LogP contribution in [-0.4, -0.2) is 52.0 Å². The van der Waals surface area contributed by atoms with Crippen LogP contribution in [0.15, 0.2) is 71.6 Å². The van der Waals surface area contributed by atoms with Gasteiger partial charge in [0.15, 0.2) is 6.61 Å². The highest BCUT2D eigenvalue weighted by Crippen LogP contribution is 2.32. The van der Waals surface area contributed by atoms with Gasteiger partial charge in [-0.15, -0.1) is 0 Å². The van der Waals surface area contributed by atoms with Crippen LogP contribution < -0.4 is 14.4 Å². The Morgan fingerprint density at radius 3 is 2.16 bits per heavy atom. The van der Waals surface area contributed by atoms with Gasteiger partial charge in [0.1, 0.15) is 5.75 Å². The molecule has 0 aromatic heterocycles. The van der Waals surface area contributed by atoms with Crippen LogP contribution in [0.2, 0.25) is 0 Å². The first-order valence-electron chi connectivity index (χ1n) is 11.9. The van der Waals surface area contributed by atoms with Crippen molar-refractivity contribution in [1.29, 1.82) is 0 Å². The van der Waals surface area contributed by atoms with Crippen molar-refractivity contribution >= 4 is 27.3 Å². The number of carbonyl (C=O) groups is 1. The van der Waals surface area contributed by atoms with E-state index in [0.717, 1.165) is 23.3 Å². The summed E-state index contributed by atoms with van der Waals surface area (Å²) in [7, 11) is -3.80. The third-order valence-electron chi connectivity index (χ3n) is 6.14. The molecule has 3 aromatic carbocycles. The summed E-state index contributed by atoms with van der Waals surface area (Å²) >= 11 is 0. The topological polar surface area (TPSA) is 78.9 Å². The minimum absolute atomic E-state index is 0.0565. The van der Waals surface area contributed by atoms with E-state index in [1.165, 1.54) is 30.3 Å². The highest BCUT2D eigenvalue weighted by molar-refractivity contribution is 7.92. The standard InChI is InChI=1S/C27H28F3N3O4S/c1-19-14-20(2)16-22(15-19)31-38(35,36)25-8-6-24(7-9-25)37-18-26(34)33-12-10-32(11-13-33)23-5-3-4-21(17-23)27(28,29)30/h3-9,14-17,31H,10-13,18H2,1-2H3. The predicted octanol–water partition coefficient (Wildman–Crippen LogP) is 4.85. The molecule has 0 bridgehead atoms. The lowest BCUT2D eigenvalue weighted by Gasteiger charge is -2.36. The van der Waals surface area contributed by atoms with Gasteiger partial charge in [0.25, 0.3) is 15.9 Å². The van der Waals surface area contributed by atoms with E-state index in [2.05, 4.69) is 4.72 Å². The number of nitrogens with zero attached hydrogens (tertiary/aromatic N) is 2. The number of nitrogens with one attached hydrogen (secondary N) is 1. The average molecular weight is 548 g/mol. The van der Waals surface area contributed by atoms with Crippen molar-refractivity contribution in [3.05, 3.63) is 83.4 Å². The van der Waals surface area contributed by atoms with Crippen LogP contribution in [-0.2, 0) is 21.0 Å². The minimum atomic E-state index is -4.41. The molecule has 1 fully saturated rings.